The summed E-state index contributed by atoms with van der Waals surface area (Å²) in [7, 11) is 0. The number of hydrogen-bond acceptors (Lipinski definition) is 3. The van der Waals surface area contributed by atoms with E-state index in [4.69, 9.17) is 5.11 Å². The van der Waals surface area contributed by atoms with Gasteiger partial charge in [-0.05, 0) is 31.2 Å². The van der Waals surface area contributed by atoms with E-state index in [1.54, 1.807) is 0 Å². The van der Waals surface area contributed by atoms with Crippen molar-refractivity contribution in [3.05, 3.63) is 23.6 Å². The summed E-state index contributed by atoms with van der Waals surface area (Å²) >= 11 is 0. The van der Waals surface area contributed by atoms with Crippen LogP contribution < -0.4 is 4.90 Å². The Bertz CT molecular complexity index is 447. The molecule has 1 heterocycles. The van der Waals surface area contributed by atoms with Gasteiger partial charge in [0.1, 0.15) is 5.56 Å². The largest absolute Gasteiger partial charge is 0.478 e. The van der Waals surface area contributed by atoms with Crippen LogP contribution in [-0.4, -0.2) is 29.1 Å². The third-order valence-corrected chi connectivity index (χ3v) is 3.07. The Balaban J connectivity index is 2.27. The molecule has 1 aliphatic rings. The van der Waals surface area contributed by atoms with Gasteiger partial charge in [0.25, 0.3) is 0 Å². The molecule has 0 saturated heterocycles. The minimum Gasteiger partial charge on any atom is -0.478 e. The molecule has 0 aliphatic heterocycles. The van der Waals surface area contributed by atoms with Crippen molar-refractivity contribution in [3.63, 3.8) is 0 Å². The van der Waals surface area contributed by atoms with Crippen molar-refractivity contribution in [2.75, 3.05) is 18.0 Å². The van der Waals surface area contributed by atoms with E-state index in [1.165, 1.54) is 25.1 Å². The molecular weight excluding hydrogens is 235 g/mol. The van der Waals surface area contributed by atoms with Crippen molar-refractivity contribution in [2.24, 2.45) is 5.92 Å². The standard InChI is InChI=1S/C13H17FN2O2/c1-2-7-16(8-9-3-4-9)12-11(14)10(13(17)18)5-6-15-12/h5-6,9H,2-4,7-8H2,1H3,(H,17,18). The molecule has 98 valence electrons. The normalized spacial score (nSPS) is 14.6. The number of pyridine rings is 1. The van der Waals surface area contributed by atoms with E-state index in [2.05, 4.69) is 4.98 Å². The molecular formula is C13H17FN2O2. The second-order valence-corrected chi connectivity index (χ2v) is 4.69. The molecule has 5 heteroatoms. The quantitative estimate of drug-likeness (QED) is 0.845. The maximum atomic E-state index is 14.1. The van der Waals surface area contributed by atoms with Crippen LogP contribution in [0, 0.1) is 11.7 Å². The molecule has 0 aromatic carbocycles. The van der Waals surface area contributed by atoms with Crippen LogP contribution in [0.25, 0.3) is 0 Å². The maximum absolute atomic E-state index is 14.1. The zero-order valence-electron chi connectivity index (χ0n) is 10.4. The van der Waals surface area contributed by atoms with E-state index in [-0.39, 0.29) is 11.4 Å². The third-order valence-electron chi connectivity index (χ3n) is 3.07. The average Bonchev–Trinajstić information content (AvgIpc) is 3.12. The SMILES string of the molecule is CCCN(CC1CC1)c1nccc(C(=O)O)c1F. The summed E-state index contributed by atoms with van der Waals surface area (Å²) in [5.74, 6) is -1.20. The number of anilines is 1. The van der Waals surface area contributed by atoms with Crippen LogP contribution in [0.1, 0.15) is 36.5 Å². The Labute approximate surface area is 105 Å². The molecule has 0 atom stereocenters. The van der Waals surface area contributed by atoms with E-state index in [1.807, 2.05) is 11.8 Å². The summed E-state index contributed by atoms with van der Waals surface area (Å²) in [5.41, 5.74) is -0.308. The van der Waals surface area contributed by atoms with Gasteiger partial charge in [0, 0.05) is 19.3 Å². The lowest BCUT2D eigenvalue weighted by atomic mass is 10.2. The van der Waals surface area contributed by atoms with Crippen LogP contribution >= 0.6 is 0 Å². The second kappa shape index (κ2) is 5.33. The van der Waals surface area contributed by atoms with E-state index in [0.29, 0.717) is 12.5 Å². The lowest BCUT2D eigenvalue weighted by Crippen LogP contribution is -2.29. The van der Waals surface area contributed by atoms with Gasteiger partial charge in [-0.1, -0.05) is 6.92 Å². The van der Waals surface area contributed by atoms with E-state index < -0.39 is 11.8 Å². The molecule has 0 bridgehead atoms. The molecule has 18 heavy (non-hydrogen) atoms. The summed E-state index contributed by atoms with van der Waals surface area (Å²) in [4.78, 5) is 16.8. The van der Waals surface area contributed by atoms with E-state index in [9.17, 15) is 9.18 Å². The van der Waals surface area contributed by atoms with Gasteiger partial charge < -0.3 is 10.0 Å². The predicted molar refractivity (Wildman–Crippen MR) is 66.4 cm³/mol. The van der Waals surface area contributed by atoms with Crippen molar-refractivity contribution < 1.29 is 14.3 Å². The number of hydrogen-bond donors (Lipinski definition) is 1. The Morgan fingerprint density at radius 2 is 2.33 bits per heavy atom. The topological polar surface area (TPSA) is 53.4 Å². The fraction of sp³-hybridized carbons (Fsp3) is 0.538. The van der Waals surface area contributed by atoms with E-state index >= 15 is 0 Å². The number of rotatable bonds is 6. The zero-order chi connectivity index (χ0) is 13.1. The molecule has 1 aromatic rings. The smallest absolute Gasteiger partial charge is 0.338 e. The average molecular weight is 252 g/mol. The number of aromatic nitrogens is 1. The number of nitrogens with zero attached hydrogens (tertiary/aromatic N) is 2. The molecule has 0 spiro atoms. The van der Waals surface area contributed by atoms with Crippen LogP contribution in [0.5, 0.6) is 0 Å². The molecule has 2 rings (SSSR count). The minimum absolute atomic E-state index is 0.170. The fourth-order valence-corrected chi connectivity index (χ4v) is 1.98. The zero-order valence-corrected chi connectivity index (χ0v) is 10.4. The van der Waals surface area contributed by atoms with Gasteiger partial charge in [-0.3, -0.25) is 0 Å². The Morgan fingerprint density at radius 3 is 2.89 bits per heavy atom. The second-order valence-electron chi connectivity index (χ2n) is 4.69. The molecule has 0 radical (unpaired) electrons. The van der Waals surface area contributed by atoms with Gasteiger partial charge >= 0.3 is 5.97 Å². The first kappa shape index (κ1) is 12.8. The minimum atomic E-state index is -1.25. The summed E-state index contributed by atoms with van der Waals surface area (Å²) in [5, 5.41) is 8.91. The Kier molecular flexibility index (Phi) is 3.79. The number of carboxylic acids is 1. The highest BCUT2D eigenvalue weighted by Gasteiger charge is 2.27. The molecule has 1 fully saturated rings. The van der Waals surface area contributed by atoms with Crippen LogP contribution in [-0.2, 0) is 0 Å². The van der Waals surface area contributed by atoms with Gasteiger partial charge in [0.2, 0.25) is 0 Å². The fourth-order valence-electron chi connectivity index (χ4n) is 1.98. The first-order valence-electron chi connectivity index (χ1n) is 6.26. The summed E-state index contributed by atoms with van der Waals surface area (Å²) in [6, 6.07) is 1.20. The van der Waals surface area contributed by atoms with E-state index in [0.717, 1.165) is 13.0 Å². The first-order valence-corrected chi connectivity index (χ1v) is 6.26. The maximum Gasteiger partial charge on any atom is 0.338 e. The van der Waals surface area contributed by atoms with Crippen molar-refractivity contribution in [1.82, 2.24) is 4.98 Å². The predicted octanol–water partition coefficient (Wildman–Crippen LogP) is 2.55. The lowest BCUT2D eigenvalue weighted by Gasteiger charge is -2.23. The van der Waals surface area contributed by atoms with Crippen molar-refractivity contribution in [2.45, 2.75) is 26.2 Å². The highest BCUT2D eigenvalue weighted by molar-refractivity contribution is 5.88. The highest BCUT2D eigenvalue weighted by atomic mass is 19.1. The van der Waals surface area contributed by atoms with Crippen LogP contribution in [0.15, 0.2) is 12.3 Å². The molecule has 1 saturated carbocycles. The van der Waals surface area contributed by atoms with Gasteiger partial charge in [-0.25, -0.2) is 14.2 Å². The number of aromatic carboxylic acids is 1. The lowest BCUT2D eigenvalue weighted by molar-refractivity contribution is 0.0691. The molecule has 1 N–H and O–H groups in total. The van der Waals surface area contributed by atoms with Crippen molar-refractivity contribution >= 4 is 11.8 Å². The molecule has 1 aliphatic carbocycles. The summed E-state index contributed by atoms with van der Waals surface area (Å²) in [6.07, 6.45) is 4.57. The van der Waals surface area contributed by atoms with Gasteiger partial charge in [0.05, 0.1) is 0 Å². The van der Waals surface area contributed by atoms with Crippen molar-refractivity contribution in [1.29, 1.82) is 0 Å². The number of halogens is 1. The van der Waals surface area contributed by atoms with Gasteiger partial charge in [0.15, 0.2) is 11.6 Å². The Morgan fingerprint density at radius 1 is 1.61 bits per heavy atom. The van der Waals surface area contributed by atoms with Crippen LogP contribution in [0.4, 0.5) is 10.2 Å². The molecule has 0 amide bonds. The molecule has 1 aromatic heterocycles. The summed E-state index contributed by atoms with van der Waals surface area (Å²) in [6.45, 7) is 3.48. The van der Waals surface area contributed by atoms with Crippen molar-refractivity contribution in [3.8, 4) is 0 Å². The van der Waals surface area contributed by atoms with Gasteiger partial charge in [-0.15, -0.1) is 0 Å². The van der Waals surface area contributed by atoms with Gasteiger partial charge in [-0.2, -0.15) is 0 Å². The van der Waals surface area contributed by atoms with Crippen LogP contribution in [0.3, 0.4) is 0 Å². The highest BCUT2D eigenvalue weighted by Crippen LogP contribution is 2.32. The monoisotopic (exact) mass is 252 g/mol. The molecule has 0 unspecified atom stereocenters. The summed E-state index contributed by atoms with van der Waals surface area (Å²) < 4.78 is 14.1. The Hall–Kier alpha value is -1.65. The number of carbonyl (C=O) groups is 1. The number of carboxylic acid groups (broad SMARTS) is 1. The third kappa shape index (κ3) is 2.78. The molecule has 4 nitrogen and oxygen atoms in total. The first-order chi connectivity index (χ1) is 8.63. The van der Waals surface area contributed by atoms with Crippen LogP contribution in [0.2, 0.25) is 0 Å².